The SMILES string of the molecule is CCCCCCCCCCCCCCCC(=O)N[C@@H](CCCN=C(N)N)C(=O)N[C@@H](CC(=O)N[C@@H](Cc1ccccc1)C(=O)O)c1cccc2ccccc12. The molecule has 3 amide bonds. The zero-order valence-corrected chi connectivity index (χ0v) is 32.8. The van der Waals surface area contributed by atoms with E-state index in [9.17, 15) is 24.3 Å². The van der Waals surface area contributed by atoms with Crippen LogP contribution in [0.4, 0.5) is 0 Å². The van der Waals surface area contributed by atoms with Crippen molar-refractivity contribution < 1.29 is 24.3 Å². The Kier molecular flexibility index (Phi) is 21.0. The molecule has 0 fully saturated rings. The summed E-state index contributed by atoms with van der Waals surface area (Å²) in [7, 11) is 0. The molecule has 8 N–H and O–H groups in total. The first-order valence-corrected chi connectivity index (χ1v) is 20.4. The molecular weight excluding hydrogens is 693 g/mol. The molecule has 3 aromatic rings. The molecule has 0 aromatic heterocycles. The highest BCUT2D eigenvalue weighted by Gasteiger charge is 2.28. The summed E-state index contributed by atoms with van der Waals surface area (Å²) < 4.78 is 0. The minimum atomic E-state index is -1.16. The molecule has 0 bridgehead atoms. The van der Waals surface area contributed by atoms with Gasteiger partial charge in [0.25, 0.3) is 0 Å². The van der Waals surface area contributed by atoms with E-state index >= 15 is 0 Å². The molecule has 0 aliphatic rings. The molecule has 0 aliphatic carbocycles. The van der Waals surface area contributed by atoms with Crippen LogP contribution < -0.4 is 27.4 Å². The second-order valence-corrected chi connectivity index (χ2v) is 14.5. The molecule has 11 heteroatoms. The van der Waals surface area contributed by atoms with Crippen LogP contribution in [0.5, 0.6) is 0 Å². The number of aliphatic carboxylic acids is 1. The van der Waals surface area contributed by atoms with Gasteiger partial charge in [0.05, 0.1) is 12.5 Å². The van der Waals surface area contributed by atoms with Crippen molar-refractivity contribution in [2.75, 3.05) is 6.54 Å². The van der Waals surface area contributed by atoms with Crippen molar-refractivity contribution in [2.24, 2.45) is 16.5 Å². The Balaban J connectivity index is 1.64. The topological polar surface area (TPSA) is 189 Å². The summed E-state index contributed by atoms with van der Waals surface area (Å²) in [5, 5.41) is 20.3. The molecule has 0 heterocycles. The van der Waals surface area contributed by atoms with Crippen LogP contribution >= 0.6 is 0 Å². The van der Waals surface area contributed by atoms with Gasteiger partial charge in [-0.05, 0) is 41.2 Å². The van der Waals surface area contributed by atoms with Crippen LogP contribution in [0.25, 0.3) is 10.8 Å². The van der Waals surface area contributed by atoms with Gasteiger partial charge in [-0.1, -0.05) is 157 Å². The number of nitrogens with one attached hydrogen (secondary N) is 3. The van der Waals surface area contributed by atoms with Crippen LogP contribution in [0, 0.1) is 0 Å². The maximum Gasteiger partial charge on any atom is 0.326 e. The number of rotatable bonds is 28. The molecule has 3 aromatic carbocycles. The number of benzene rings is 3. The fourth-order valence-corrected chi connectivity index (χ4v) is 6.90. The lowest BCUT2D eigenvalue weighted by molar-refractivity contribution is -0.142. The van der Waals surface area contributed by atoms with Gasteiger partial charge in [0.2, 0.25) is 17.7 Å². The Hall–Kier alpha value is -4.93. The summed E-state index contributed by atoms with van der Waals surface area (Å²) in [6.07, 6.45) is 16.6. The van der Waals surface area contributed by atoms with E-state index < -0.39 is 35.9 Å². The lowest BCUT2D eigenvalue weighted by Gasteiger charge is -2.25. The van der Waals surface area contributed by atoms with Gasteiger partial charge in [-0.2, -0.15) is 0 Å². The molecule has 300 valence electrons. The third-order valence-electron chi connectivity index (χ3n) is 9.93. The van der Waals surface area contributed by atoms with E-state index in [0.717, 1.165) is 42.0 Å². The van der Waals surface area contributed by atoms with E-state index in [1.54, 1.807) is 0 Å². The van der Waals surface area contributed by atoms with Crippen molar-refractivity contribution in [2.45, 2.75) is 141 Å². The summed E-state index contributed by atoms with van der Waals surface area (Å²) in [5.41, 5.74) is 12.5. The number of hydrogen-bond acceptors (Lipinski definition) is 5. The molecule has 3 atom stereocenters. The first kappa shape index (κ1) is 44.5. The number of guanidine groups is 1. The Morgan fingerprint density at radius 1 is 0.655 bits per heavy atom. The lowest BCUT2D eigenvalue weighted by atomic mass is 9.95. The predicted molar refractivity (Wildman–Crippen MR) is 221 cm³/mol. The molecular formula is C44H64N6O5. The summed E-state index contributed by atoms with van der Waals surface area (Å²) in [6.45, 7) is 2.53. The predicted octanol–water partition coefficient (Wildman–Crippen LogP) is 7.22. The molecule has 0 unspecified atom stereocenters. The normalized spacial score (nSPS) is 12.7. The van der Waals surface area contributed by atoms with E-state index in [-0.39, 0.29) is 37.7 Å². The van der Waals surface area contributed by atoms with E-state index in [0.29, 0.717) is 18.4 Å². The van der Waals surface area contributed by atoms with Crippen molar-refractivity contribution in [1.29, 1.82) is 0 Å². The van der Waals surface area contributed by atoms with Gasteiger partial charge in [-0.3, -0.25) is 19.4 Å². The average Bonchev–Trinajstić information content (AvgIpc) is 3.17. The number of aliphatic imine (C=N–C) groups is 1. The van der Waals surface area contributed by atoms with E-state index in [1.165, 1.54) is 57.8 Å². The van der Waals surface area contributed by atoms with Crippen LogP contribution in [0.15, 0.2) is 77.8 Å². The summed E-state index contributed by atoms with van der Waals surface area (Å²) in [5.74, 6) is -2.41. The summed E-state index contributed by atoms with van der Waals surface area (Å²) >= 11 is 0. The zero-order valence-electron chi connectivity index (χ0n) is 32.8. The highest BCUT2D eigenvalue weighted by atomic mass is 16.4. The zero-order chi connectivity index (χ0) is 39.7. The van der Waals surface area contributed by atoms with E-state index in [1.807, 2.05) is 72.8 Å². The number of nitrogens with zero attached hydrogens (tertiary/aromatic N) is 1. The Morgan fingerprint density at radius 2 is 1.24 bits per heavy atom. The van der Waals surface area contributed by atoms with Crippen LogP contribution in [0.2, 0.25) is 0 Å². The smallest absolute Gasteiger partial charge is 0.326 e. The summed E-state index contributed by atoms with van der Waals surface area (Å²) in [6, 6.07) is 19.5. The third-order valence-corrected chi connectivity index (χ3v) is 9.93. The molecule has 0 saturated carbocycles. The number of amides is 3. The molecule has 0 aliphatic heterocycles. The minimum absolute atomic E-state index is 0.0543. The van der Waals surface area contributed by atoms with Crippen LogP contribution in [-0.2, 0) is 25.6 Å². The number of nitrogens with two attached hydrogens (primary N) is 2. The monoisotopic (exact) mass is 756 g/mol. The van der Waals surface area contributed by atoms with Gasteiger partial charge in [0.1, 0.15) is 12.1 Å². The fraction of sp³-hybridized carbons (Fsp3) is 0.523. The second kappa shape index (κ2) is 26.0. The van der Waals surface area contributed by atoms with Crippen LogP contribution in [0.3, 0.4) is 0 Å². The van der Waals surface area contributed by atoms with Gasteiger partial charge in [0, 0.05) is 19.4 Å². The van der Waals surface area contributed by atoms with Crippen molar-refractivity contribution in [3.63, 3.8) is 0 Å². The number of unbranched alkanes of at least 4 members (excludes halogenated alkanes) is 12. The van der Waals surface area contributed by atoms with Gasteiger partial charge >= 0.3 is 5.97 Å². The number of fused-ring (bicyclic) bond motifs is 1. The van der Waals surface area contributed by atoms with Crippen LogP contribution in [-0.4, -0.2) is 53.4 Å². The molecule has 0 spiro atoms. The Labute approximate surface area is 327 Å². The maximum absolute atomic E-state index is 14.0. The van der Waals surface area contributed by atoms with Gasteiger partial charge in [-0.15, -0.1) is 0 Å². The highest BCUT2D eigenvalue weighted by Crippen LogP contribution is 2.27. The lowest BCUT2D eigenvalue weighted by Crippen LogP contribution is -2.49. The molecule has 11 nitrogen and oxygen atoms in total. The number of hydrogen-bond donors (Lipinski definition) is 6. The van der Waals surface area contributed by atoms with Crippen molar-refractivity contribution in [3.8, 4) is 0 Å². The summed E-state index contributed by atoms with van der Waals surface area (Å²) in [4.78, 5) is 56.9. The number of carbonyl (C=O) groups excluding carboxylic acids is 3. The first-order chi connectivity index (χ1) is 26.7. The largest absolute Gasteiger partial charge is 0.480 e. The van der Waals surface area contributed by atoms with E-state index in [2.05, 4.69) is 27.9 Å². The van der Waals surface area contributed by atoms with Crippen molar-refractivity contribution in [3.05, 3.63) is 83.9 Å². The standard InChI is InChI=1S/C44H64N6O5/c1-2-3-4-5-6-7-8-9-10-11-12-13-17-29-40(51)48-37(28-21-30-47-44(45)46)42(53)50-38(36-27-20-25-34-24-18-19-26-35(34)36)32-41(52)49-39(43(54)55)31-33-22-15-14-16-23-33/h14-16,18-20,22-27,37-39H,2-13,17,21,28-32H2,1H3,(H,48,51)(H,49,52)(H,50,53)(H,54,55)(H4,45,46,47)/t37-,38-,39-/m0/s1. The number of carbonyl (C=O) groups is 4. The number of carboxylic acids is 1. The molecule has 55 heavy (non-hydrogen) atoms. The molecule has 0 radical (unpaired) electrons. The van der Waals surface area contributed by atoms with Gasteiger partial charge < -0.3 is 32.5 Å². The molecule has 3 rings (SSSR count). The Bertz CT molecular complexity index is 1620. The molecule has 0 saturated heterocycles. The maximum atomic E-state index is 14.0. The second-order valence-electron chi connectivity index (χ2n) is 14.5. The average molecular weight is 757 g/mol. The van der Waals surface area contributed by atoms with Gasteiger partial charge in [0.15, 0.2) is 5.96 Å². The van der Waals surface area contributed by atoms with Gasteiger partial charge in [-0.25, -0.2) is 4.79 Å². The fourth-order valence-electron chi connectivity index (χ4n) is 6.90. The van der Waals surface area contributed by atoms with Crippen molar-refractivity contribution >= 4 is 40.4 Å². The first-order valence-electron chi connectivity index (χ1n) is 20.4. The number of carboxylic acid groups (broad SMARTS) is 1. The Morgan fingerprint density at radius 3 is 1.87 bits per heavy atom. The minimum Gasteiger partial charge on any atom is -0.480 e. The van der Waals surface area contributed by atoms with Crippen molar-refractivity contribution in [1.82, 2.24) is 16.0 Å². The van der Waals surface area contributed by atoms with Crippen LogP contribution in [0.1, 0.15) is 133 Å². The quantitative estimate of drug-likeness (QED) is 0.0256. The van der Waals surface area contributed by atoms with E-state index in [4.69, 9.17) is 11.5 Å². The third kappa shape index (κ3) is 17.8. The highest BCUT2D eigenvalue weighted by molar-refractivity contribution is 5.91.